The number of pyridine rings is 1. The van der Waals surface area contributed by atoms with Crippen LogP contribution in [0.4, 0.5) is 5.69 Å². The average Bonchev–Trinajstić information content (AvgIpc) is 2.57. The van der Waals surface area contributed by atoms with Gasteiger partial charge in [0, 0.05) is 25.3 Å². The molecule has 7 nitrogen and oxygen atoms in total. The third-order valence-corrected chi connectivity index (χ3v) is 4.33. The lowest BCUT2D eigenvalue weighted by Gasteiger charge is -2.12. The molecule has 0 unspecified atom stereocenters. The van der Waals surface area contributed by atoms with Crippen LogP contribution in [0.25, 0.3) is 0 Å². The highest BCUT2D eigenvalue weighted by Crippen LogP contribution is 2.17. The maximum absolute atomic E-state index is 10.6. The third-order valence-electron chi connectivity index (χ3n) is 3.55. The van der Waals surface area contributed by atoms with Gasteiger partial charge in [0.2, 0.25) is 0 Å². The number of rotatable bonds is 8. The predicted octanol–water partition coefficient (Wildman–Crippen LogP) is 1.48. The van der Waals surface area contributed by atoms with E-state index in [1.807, 2.05) is 36.1 Å². The Hall–Kier alpha value is -2.45. The number of phenolic OH excluding ortho intramolecular Hbond substituents is 1. The highest BCUT2D eigenvalue weighted by Gasteiger charge is 2.04. The SMILES string of the molecule is CN(/N=C/c1ccc[n+](CCCCS(=O)(=O)[O-])c1)c1ccc(O)cc1. The van der Waals surface area contributed by atoms with Gasteiger partial charge in [0.15, 0.2) is 12.4 Å². The van der Waals surface area contributed by atoms with Crippen molar-refractivity contribution in [2.45, 2.75) is 19.4 Å². The second-order valence-corrected chi connectivity index (χ2v) is 7.15. The topological polar surface area (TPSA) is 96.9 Å². The Kier molecular flexibility index (Phi) is 6.49. The van der Waals surface area contributed by atoms with Crippen LogP contribution in [-0.2, 0) is 16.7 Å². The van der Waals surface area contributed by atoms with Crippen LogP contribution < -0.4 is 9.58 Å². The average molecular weight is 363 g/mol. The van der Waals surface area contributed by atoms with Crippen LogP contribution in [0.1, 0.15) is 18.4 Å². The smallest absolute Gasteiger partial charge is 0.177 e. The third kappa shape index (κ3) is 6.90. The first-order valence-corrected chi connectivity index (χ1v) is 9.41. The van der Waals surface area contributed by atoms with Crippen LogP contribution in [-0.4, -0.2) is 37.1 Å². The summed E-state index contributed by atoms with van der Waals surface area (Å²) in [6, 6.07) is 10.5. The molecule has 0 aliphatic heterocycles. The van der Waals surface area contributed by atoms with E-state index in [1.54, 1.807) is 35.5 Å². The van der Waals surface area contributed by atoms with Crippen molar-refractivity contribution in [3.05, 3.63) is 54.4 Å². The molecule has 0 saturated carbocycles. The van der Waals surface area contributed by atoms with Gasteiger partial charge in [-0.2, -0.15) is 5.10 Å². The fraction of sp³-hybridized carbons (Fsp3) is 0.294. The number of unbranched alkanes of at least 4 members (excludes halogenated alkanes) is 1. The van der Waals surface area contributed by atoms with Gasteiger partial charge in [0.1, 0.15) is 12.3 Å². The van der Waals surface area contributed by atoms with E-state index in [1.165, 1.54) is 0 Å². The second-order valence-electron chi connectivity index (χ2n) is 5.63. The molecule has 1 heterocycles. The van der Waals surface area contributed by atoms with E-state index < -0.39 is 10.1 Å². The first-order valence-electron chi connectivity index (χ1n) is 7.83. The number of aryl methyl sites for hydroxylation is 1. The van der Waals surface area contributed by atoms with Crippen LogP contribution >= 0.6 is 0 Å². The van der Waals surface area contributed by atoms with Gasteiger partial charge in [0.05, 0.1) is 27.6 Å². The summed E-state index contributed by atoms with van der Waals surface area (Å²) in [5.74, 6) is -0.124. The molecule has 2 aromatic rings. The van der Waals surface area contributed by atoms with Crippen molar-refractivity contribution in [1.29, 1.82) is 0 Å². The number of hydrazone groups is 1. The molecular weight excluding hydrogens is 342 g/mol. The molecule has 2 rings (SSSR count). The highest BCUT2D eigenvalue weighted by molar-refractivity contribution is 7.85. The van der Waals surface area contributed by atoms with Crippen LogP contribution in [0.3, 0.4) is 0 Å². The van der Waals surface area contributed by atoms with Gasteiger partial charge < -0.3 is 9.66 Å². The Morgan fingerprint density at radius 3 is 2.64 bits per heavy atom. The molecule has 0 bridgehead atoms. The van der Waals surface area contributed by atoms with E-state index in [4.69, 9.17) is 0 Å². The molecule has 0 aliphatic rings. The lowest BCUT2D eigenvalue weighted by atomic mass is 10.3. The zero-order valence-corrected chi connectivity index (χ0v) is 14.8. The number of aromatic nitrogens is 1. The molecule has 0 spiro atoms. The predicted molar refractivity (Wildman–Crippen MR) is 94.5 cm³/mol. The Labute approximate surface area is 147 Å². The van der Waals surface area contributed by atoms with Gasteiger partial charge in [-0.05, 0) is 36.8 Å². The fourth-order valence-electron chi connectivity index (χ4n) is 2.22. The molecule has 1 N–H and O–H groups in total. The van der Waals surface area contributed by atoms with Crippen LogP contribution in [0.5, 0.6) is 5.75 Å². The zero-order valence-electron chi connectivity index (χ0n) is 13.9. The number of benzene rings is 1. The first kappa shape index (κ1) is 18.9. The van der Waals surface area contributed by atoms with Gasteiger partial charge >= 0.3 is 0 Å². The van der Waals surface area contributed by atoms with Crippen molar-refractivity contribution < 1.29 is 22.6 Å². The number of hydrogen-bond donors (Lipinski definition) is 1. The standard InChI is InChI=1S/C17H21N3O4S/c1-19(16-6-8-17(21)9-7-16)18-13-15-5-4-11-20(14-15)10-2-3-12-25(22,23)24/h4-9,11,13-14H,2-3,10,12H2,1H3,(H-,21,22,23,24)/b18-13+. The molecule has 0 saturated heterocycles. The van der Waals surface area contributed by atoms with Gasteiger partial charge in [-0.1, -0.05) is 0 Å². The minimum atomic E-state index is -4.14. The zero-order chi connectivity index (χ0) is 18.3. The number of hydrogen-bond acceptors (Lipinski definition) is 6. The van der Waals surface area contributed by atoms with Gasteiger partial charge in [-0.15, -0.1) is 0 Å². The molecule has 0 amide bonds. The van der Waals surface area contributed by atoms with E-state index in [2.05, 4.69) is 5.10 Å². The second kappa shape index (κ2) is 8.59. The molecule has 0 radical (unpaired) electrons. The largest absolute Gasteiger partial charge is 0.748 e. The number of nitrogens with zero attached hydrogens (tertiary/aromatic N) is 3. The van der Waals surface area contributed by atoms with Crippen molar-refractivity contribution in [3.63, 3.8) is 0 Å². The number of phenols is 1. The van der Waals surface area contributed by atoms with Gasteiger partial charge in [0.25, 0.3) is 0 Å². The van der Waals surface area contributed by atoms with Crippen LogP contribution in [0.15, 0.2) is 53.9 Å². The summed E-state index contributed by atoms with van der Waals surface area (Å²) < 4.78 is 33.7. The Balaban J connectivity index is 1.92. The van der Waals surface area contributed by atoms with Crippen molar-refractivity contribution >= 4 is 22.0 Å². The normalized spacial score (nSPS) is 11.8. The maximum Gasteiger partial charge on any atom is 0.177 e. The van der Waals surface area contributed by atoms with E-state index in [-0.39, 0.29) is 11.5 Å². The Morgan fingerprint density at radius 1 is 1.24 bits per heavy atom. The van der Waals surface area contributed by atoms with E-state index >= 15 is 0 Å². The Morgan fingerprint density at radius 2 is 1.96 bits per heavy atom. The number of anilines is 1. The van der Waals surface area contributed by atoms with E-state index in [9.17, 15) is 18.1 Å². The molecule has 1 aromatic heterocycles. The quantitative estimate of drug-likeness (QED) is 0.252. The van der Waals surface area contributed by atoms with Crippen LogP contribution in [0.2, 0.25) is 0 Å². The summed E-state index contributed by atoms with van der Waals surface area (Å²) in [6.07, 6.45) is 6.46. The van der Waals surface area contributed by atoms with Crippen molar-refractivity contribution in [3.8, 4) is 5.75 Å². The fourth-order valence-corrected chi connectivity index (χ4v) is 2.78. The monoisotopic (exact) mass is 363 g/mol. The van der Waals surface area contributed by atoms with Crippen LogP contribution in [0, 0.1) is 0 Å². The lowest BCUT2D eigenvalue weighted by Crippen LogP contribution is -2.33. The first-order chi connectivity index (χ1) is 11.8. The summed E-state index contributed by atoms with van der Waals surface area (Å²) in [7, 11) is -2.33. The van der Waals surface area contributed by atoms with E-state index in [0.717, 1.165) is 11.3 Å². The molecule has 1 aromatic carbocycles. The molecule has 0 atom stereocenters. The molecule has 25 heavy (non-hydrogen) atoms. The highest BCUT2D eigenvalue weighted by atomic mass is 32.2. The van der Waals surface area contributed by atoms with Crippen molar-refractivity contribution in [2.75, 3.05) is 17.8 Å². The summed E-state index contributed by atoms with van der Waals surface area (Å²) in [6.45, 7) is 0.630. The summed E-state index contributed by atoms with van der Waals surface area (Å²) in [4.78, 5) is 0. The molecule has 134 valence electrons. The summed E-state index contributed by atoms with van der Waals surface area (Å²) in [5, 5.41) is 15.3. The summed E-state index contributed by atoms with van der Waals surface area (Å²) in [5.41, 5.74) is 1.74. The molecule has 0 fully saturated rings. The molecular formula is C17H21N3O4S. The molecule has 8 heteroatoms. The summed E-state index contributed by atoms with van der Waals surface area (Å²) >= 11 is 0. The molecule has 0 aliphatic carbocycles. The maximum atomic E-state index is 10.6. The van der Waals surface area contributed by atoms with E-state index in [0.29, 0.717) is 19.4 Å². The van der Waals surface area contributed by atoms with Crippen molar-refractivity contribution in [2.24, 2.45) is 5.10 Å². The lowest BCUT2D eigenvalue weighted by molar-refractivity contribution is -0.697. The number of aromatic hydroxyl groups is 1. The van der Waals surface area contributed by atoms with Gasteiger partial charge in [-0.25, -0.2) is 13.0 Å². The minimum absolute atomic E-state index is 0.204. The van der Waals surface area contributed by atoms with Gasteiger partial charge in [-0.3, -0.25) is 5.01 Å². The van der Waals surface area contributed by atoms with Crippen molar-refractivity contribution in [1.82, 2.24) is 0 Å². The minimum Gasteiger partial charge on any atom is -0.748 e. The Bertz CT molecular complexity index is 820.